The number of ether oxygens (including phenoxy) is 3. The van der Waals surface area contributed by atoms with Crippen LogP contribution in [0.2, 0.25) is 0 Å². The lowest BCUT2D eigenvalue weighted by Gasteiger charge is -2.18. The number of carbonyl (C=O) groups is 3. The highest BCUT2D eigenvalue weighted by atomic mass is 16.6. The van der Waals surface area contributed by atoms with E-state index in [1.807, 2.05) is 0 Å². The maximum Gasteiger partial charge on any atom is 0.306 e. The van der Waals surface area contributed by atoms with Crippen LogP contribution in [0.15, 0.2) is 72.9 Å². The molecule has 0 saturated heterocycles. The van der Waals surface area contributed by atoms with Gasteiger partial charge in [0.1, 0.15) is 13.2 Å². The average Bonchev–Trinajstić information content (AvgIpc) is 3.36. The molecule has 6 nitrogen and oxygen atoms in total. The van der Waals surface area contributed by atoms with Crippen molar-refractivity contribution in [1.82, 2.24) is 0 Å². The predicted octanol–water partition coefficient (Wildman–Crippen LogP) is 20.2. The fraction of sp³-hybridized carbons (Fsp3) is 0.766. The number of carbonyl (C=O) groups excluding carboxylic acids is 3. The fourth-order valence-electron chi connectivity index (χ4n) is 8.47. The highest BCUT2D eigenvalue weighted by Gasteiger charge is 2.19. The summed E-state index contributed by atoms with van der Waals surface area (Å²) in [5.74, 6) is -0.880. The molecule has 0 aromatic carbocycles. The van der Waals surface area contributed by atoms with Gasteiger partial charge in [0.05, 0.1) is 0 Å². The predicted molar refractivity (Wildman–Crippen MR) is 302 cm³/mol. The highest BCUT2D eigenvalue weighted by Crippen LogP contribution is 2.16. The standard InChI is InChI=1S/C64H112O6/c1-4-7-10-13-16-18-20-22-24-26-28-29-30-31-32-33-34-35-37-38-40-42-44-46-48-51-54-57-63(66)69-60-61(59-68-62(65)56-53-50-15-12-9-6-3)70-64(67)58-55-52-49-47-45-43-41-39-36-27-25-23-21-19-17-14-11-8-5-2/h7,10,16,18,22-25,28-29,31-32,61H,4-6,8-9,11-15,17,19-21,26-27,30,33-60H2,1-3H3/b10-7-,18-16-,24-22-,25-23-,29-28-,32-31-. The molecule has 0 rings (SSSR count). The minimum absolute atomic E-state index is 0.0751. The lowest BCUT2D eigenvalue weighted by Crippen LogP contribution is -2.30. The van der Waals surface area contributed by atoms with Crippen LogP contribution in [0, 0.1) is 0 Å². The third-order valence-electron chi connectivity index (χ3n) is 12.9. The molecular weight excluding hydrogens is 865 g/mol. The summed E-state index contributed by atoms with van der Waals surface area (Å²) < 4.78 is 16.8. The minimum Gasteiger partial charge on any atom is -0.462 e. The van der Waals surface area contributed by atoms with Gasteiger partial charge in [0.25, 0.3) is 0 Å². The van der Waals surface area contributed by atoms with Crippen molar-refractivity contribution in [2.75, 3.05) is 13.2 Å². The molecule has 70 heavy (non-hydrogen) atoms. The molecule has 0 radical (unpaired) electrons. The summed E-state index contributed by atoms with van der Waals surface area (Å²) in [6, 6.07) is 0. The van der Waals surface area contributed by atoms with Crippen LogP contribution in [0.25, 0.3) is 0 Å². The Morgan fingerprint density at radius 1 is 0.300 bits per heavy atom. The average molecular weight is 978 g/mol. The van der Waals surface area contributed by atoms with Crippen molar-refractivity contribution >= 4 is 17.9 Å². The molecule has 6 heteroatoms. The zero-order valence-electron chi connectivity index (χ0n) is 46.3. The molecule has 1 atom stereocenters. The summed E-state index contributed by atoms with van der Waals surface area (Å²) in [5.41, 5.74) is 0. The van der Waals surface area contributed by atoms with E-state index in [9.17, 15) is 14.4 Å². The van der Waals surface area contributed by atoms with E-state index < -0.39 is 6.10 Å². The second kappa shape index (κ2) is 58.4. The van der Waals surface area contributed by atoms with Gasteiger partial charge < -0.3 is 14.2 Å². The topological polar surface area (TPSA) is 78.9 Å². The van der Waals surface area contributed by atoms with Crippen molar-refractivity contribution in [2.24, 2.45) is 0 Å². The van der Waals surface area contributed by atoms with Gasteiger partial charge in [-0.05, 0) is 89.9 Å². The van der Waals surface area contributed by atoms with Gasteiger partial charge in [-0.3, -0.25) is 14.4 Å². The van der Waals surface area contributed by atoms with Crippen LogP contribution in [0.3, 0.4) is 0 Å². The van der Waals surface area contributed by atoms with Crippen molar-refractivity contribution in [3.8, 4) is 0 Å². The number of hydrogen-bond acceptors (Lipinski definition) is 6. The van der Waals surface area contributed by atoms with Gasteiger partial charge in [0.2, 0.25) is 0 Å². The Labute approximate surface area is 433 Å². The van der Waals surface area contributed by atoms with Crippen LogP contribution in [0.1, 0.15) is 297 Å². The smallest absolute Gasteiger partial charge is 0.306 e. The van der Waals surface area contributed by atoms with E-state index in [1.165, 1.54) is 167 Å². The summed E-state index contributed by atoms with van der Waals surface area (Å²) in [6.45, 7) is 6.48. The normalized spacial score (nSPS) is 12.6. The lowest BCUT2D eigenvalue weighted by atomic mass is 10.0. The number of esters is 3. The molecule has 0 spiro atoms. The zero-order valence-corrected chi connectivity index (χ0v) is 46.3. The number of allylic oxidation sites excluding steroid dienone is 12. The molecule has 0 aromatic rings. The van der Waals surface area contributed by atoms with Crippen molar-refractivity contribution in [2.45, 2.75) is 303 Å². The Kier molecular flexibility index (Phi) is 55.8. The maximum atomic E-state index is 12.8. The number of rotatable bonds is 54. The van der Waals surface area contributed by atoms with Gasteiger partial charge in [-0.1, -0.05) is 261 Å². The van der Waals surface area contributed by atoms with Crippen molar-refractivity contribution < 1.29 is 28.6 Å². The minimum atomic E-state index is -0.773. The third-order valence-corrected chi connectivity index (χ3v) is 12.9. The van der Waals surface area contributed by atoms with E-state index in [0.717, 1.165) is 89.9 Å². The summed E-state index contributed by atoms with van der Waals surface area (Å²) in [6.07, 6.45) is 75.0. The molecule has 404 valence electrons. The second-order valence-electron chi connectivity index (χ2n) is 19.9. The van der Waals surface area contributed by atoms with E-state index >= 15 is 0 Å². The molecule has 0 aliphatic carbocycles. The van der Waals surface area contributed by atoms with Gasteiger partial charge in [0.15, 0.2) is 6.10 Å². The van der Waals surface area contributed by atoms with Crippen molar-refractivity contribution in [1.29, 1.82) is 0 Å². The molecule has 0 aliphatic heterocycles. The Morgan fingerprint density at radius 2 is 0.557 bits per heavy atom. The summed E-state index contributed by atoms with van der Waals surface area (Å²) in [7, 11) is 0. The van der Waals surface area contributed by atoms with E-state index in [4.69, 9.17) is 14.2 Å². The van der Waals surface area contributed by atoms with Gasteiger partial charge in [0, 0.05) is 19.3 Å². The Balaban J connectivity index is 4.10. The zero-order chi connectivity index (χ0) is 50.7. The Hall–Kier alpha value is -3.15. The van der Waals surface area contributed by atoms with Gasteiger partial charge in [-0.2, -0.15) is 0 Å². The van der Waals surface area contributed by atoms with E-state index in [2.05, 4.69) is 93.7 Å². The molecule has 1 unspecified atom stereocenters. The molecule has 0 heterocycles. The van der Waals surface area contributed by atoms with E-state index in [-0.39, 0.29) is 31.1 Å². The first kappa shape index (κ1) is 66.9. The van der Waals surface area contributed by atoms with Crippen LogP contribution < -0.4 is 0 Å². The first-order chi connectivity index (χ1) is 34.5. The summed E-state index contributed by atoms with van der Waals surface area (Å²) in [5, 5.41) is 0. The van der Waals surface area contributed by atoms with Crippen LogP contribution in [0.5, 0.6) is 0 Å². The van der Waals surface area contributed by atoms with Crippen LogP contribution in [0.4, 0.5) is 0 Å². The van der Waals surface area contributed by atoms with Crippen molar-refractivity contribution in [3.05, 3.63) is 72.9 Å². The first-order valence-corrected chi connectivity index (χ1v) is 29.9. The molecule has 0 aromatic heterocycles. The van der Waals surface area contributed by atoms with Crippen LogP contribution in [-0.4, -0.2) is 37.2 Å². The first-order valence-electron chi connectivity index (χ1n) is 29.9. The fourth-order valence-corrected chi connectivity index (χ4v) is 8.47. The quantitative estimate of drug-likeness (QED) is 0.0261. The van der Waals surface area contributed by atoms with Gasteiger partial charge in [-0.15, -0.1) is 0 Å². The summed E-state index contributed by atoms with van der Waals surface area (Å²) in [4.78, 5) is 37.9. The molecule has 0 saturated carbocycles. The number of unbranched alkanes of at least 4 members (excludes halogenated alkanes) is 31. The van der Waals surface area contributed by atoms with Crippen molar-refractivity contribution in [3.63, 3.8) is 0 Å². The molecule has 0 N–H and O–H groups in total. The summed E-state index contributed by atoms with van der Waals surface area (Å²) >= 11 is 0. The molecule has 0 bridgehead atoms. The Morgan fingerprint density at radius 3 is 0.886 bits per heavy atom. The van der Waals surface area contributed by atoms with E-state index in [1.54, 1.807) is 0 Å². The Bertz CT molecular complexity index is 1310. The highest BCUT2D eigenvalue weighted by molar-refractivity contribution is 5.71. The third kappa shape index (κ3) is 55.8. The lowest BCUT2D eigenvalue weighted by molar-refractivity contribution is -0.167. The molecular formula is C64H112O6. The molecule has 0 amide bonds. The maximum absolute atomic E-state index is 12.8. The van der Waals surface area contributed by atoms with E-state index in [0.29, 0.717) is 19.3 Å². The van der Waals surface area contributed by atoms with Gasteiger partial charge in [-0.25, -0.2) is 0 Å². The van der Waals surface area contributed by atoms with Crippen LogP contribution in [-0.2, 0) is 28.6 Å². The monoisotopic (exact) mass is 977 g/mol. The van der Waals surface area contributed by atoms with Crippen LogP contribution >= 0.6 is 0 Å². The molecule has 0 fully saturated rings. The largest absolute Gasteiger partial charge is 0.462 e. The number of hydrogen-bond donors (Lipinski definition) is 0. The van der Waals surface area contributed by atoms with Gasteiger partial charge >= 0.3 is 17.9 Å². The SMILES string of the molecule is CC/C=C\C/C=C\C/C=C\C/C=C\C/C=C\CCCCCCCCCCCCCC(=O)OCC(COC(=O)CCCCCCCC)OC(=O)CCCCCCCCCCC/C=C\CCCCCCCC. The molecule has 0 aliphatic rings. The second-order valence-corrected chi connectivity index (χ2v) is 19.9.